The van der Waals surface area contributed by atoms with Crippen molar-refractivity contribution in [2.45, 2.75) is 38.8 Å². The summed E-state index contributed by atoms with van der Waals surface area (Å²) in [5.74, 6) is 0.155. The van der Waals surface area contributed by atoms with Crippen molar-refractivity contribution in [3.8, 4) is 0 Å². The van der Waals surface area contributed by atoms with Crippen LogP contribution in [0.25, 0.3) is 0 Å². The maximum atomic E-state index is 12.2. The van der Waals surface area contributed by atoms with E-state index in [1.54, 1.807) is 0 Å². The van der Waals surface area contributed by atoms with E-state index in [2.05, 4.69) is 19.0 Å². The Bertz CT molecular complexity index is 246. The summed E-state index contributed by atoms with van der Waals surface area (Å²) in [6.07, 6.45) is 2.24. The van der Waals surface area contributed by atoms with Gasteiger partial charge in [0, 0.05) is 25.2 Å². The van der Waals surface area contributed by atoms with E-state index in [9.17, 15) is 4.79 Å². The average molecular weight is 264 g/mol. The molecule has 0 saturated carbocycles. The molecule has 1 heterocycles. The van der Waals surface area contributed by atoms with Gasteiger partial charge in [-0.05, 0) is 33.9 Å². The van der Waals surface area contributed by atoms with Crippen molar-refractivity contribution >= 4 is 18.3 Å². The number of likely N-dealkylation sites (tertiary alicyclic amines) is 1. The smallest absolute Gasteiger partial charge is 0.227 e. The standard InChI is InChI=1S/C12H25N3O.ClH/c1-9(10(2)13)12(16)15-7-5-6-11(15)8-14(3)4;/h9-11H,5-8,13H2,1-4H3;1H. The number of carbonyl (C=O) groups excluding carboxylic acids is 1. The minimum Gasteiger partial charge on any atom is -0.338 e. The van der Waals surface area contributed by atoms with Gasteiger partial charge in [0.25, 0.3) is 0 Å². The van der Waals surface area contributed by atoms with Crippen molar-refractivity contribution in [3.63, 3.8) is 0 Å². The van der Waals surface area contributed by atoms with Gasteiger partial charge in [0.05, 0.1) is 5.92 Å². The number of hydrogen-bond donors (Lipinski definition) is 1. The Morgan fingerprint density at radius 2 is 2.06 bits per heavy atom. The first-order chi connectivity index (χ1) is 7.43. The number of hydrogen-bond acceptors (Lipinski definition) is 3. The first-order valence-electron chi connectivity index (χ1n) is 6.14. The van der Waals surface area contributed by atoms with Gasteiger partial charge in [-0.3, -0.25) is 4.79 Å². The molecule has 1 rings (SSSR count). The number of rotatable bonds is 4. The number of halogens is 1. The van der Waals surface area contributed by atoms with Crippen LogP contribution >= 0.6 is 12.4 Å². The summed E-state index contributed by atoms with van der Waals surface area (Å²) in [5, 5.41) is 0. The molecule has 102 valence electrons. The molecule has 0 aromatic carbocycles. The van der Waals surface area contributed by atoms with Crippen molar-refractivity contribution in [1.29, 1.82) is 0 Å². The lowest BCUT2D eigenvalue weighted by atomic mass is 10.0. The van der Waals surface area contributed by atoms with E-state index in [-0.39, 0.29) is 30.3 Å². The van der Waals surface area contributed by atoms with E-state index in [1.165, 1.54) is 0 Å². The normalized spacial score (nSPS) is 23.4. The molecule has 3 unspecified atom stereocenters. The number of amides is 1. The van der Waals surface area contributed by atoms with Crippen LogP contribution in [0, 0.1) is 5.92 Å². The maximum Gasteiger partial charge on any atom is 0.227 e. The topological polar surface area (TPSA) is 49.6 Å². The molecule has 0 spiro atoms. The Morgan fingerprint density at radius 1 is 1.47 bits per heavy atom. The summed E-state index contributed by atoms with van der Waals surface area (Å²) in [5.41, 5.74) is 5.79. The highest BCUT2D eigenvalue weighted by molar-refractivity contribution is 5.85. The number of nitrogens with zero attached hydrogens (tertiary/aromatic N) is 2. The first-order valence-corrected chi connectivity index (χ1v) is 6.14. The highest BCUT2D eigenvalue weighted by Gasteiger charge is 2.32. The van der Waals surface area contributed by atoms with Gasteiger partial charge in [-0.15, -0.1) is 12.4 Å². The highest BCUT2D eigenvalue weighted by Crippen LogP contribution is 2.20. The van der Waals surface area contributed by atoms with Gasteiger partial charge in [-0.25, -0.2) is 0 Å². The van der Waals surface area contributed by atoms with Crippen LogP contribution in [0.4, 0.5) is 0 Å². The molecule has 5 heteroatoms. The third kappa shape index (κ3) is 4.45. The molecule has 4 nitrogen and oxygen atoms in total. The van der Waals surface area contributed by atoms with Crippen LogP contribution < -0.4 is 5.73 Å². The minimum atomic E-state index is -0.0669. The Labute approximate surface area is 111 Å². The van der Waals surface area contributed by atoms with Crippen LogP contribution in [-0.4, -0.2) is 55.0 Å². The van der Waals surface area contributed by atoms with Crippen molar-refractivity contribution in [2.24, 2.45) is 11.7 Å². The Balaban J connectivity index is 0.00000256. The molecule has 0 aromatic rings. The van der Waals surface area contributed by atoms with Gasteiger partial charge >= 0.3 is 0 Å². The lowest BCUT2D eigenvalue weighted by molar-refractivity contribution is -0.136. The molecule has 0 aromatic heterocycles. The van der Waals surface area contributed by atoms with Gasteiger partial charge in [-0.1, -0.05) is 6.92 Å². The molecule has 2 N–H and O–H groups in total. The monoisotopic (exact) mass is 263 g/mol. The van der Waals surface area contributed by atoms with E-state index in [4.69, 9.17) is 5.73 Å². The van der Waals surface area contributed by atoms with Gasteiger partial charge in [0.15, 0.2) is 0 Å². The molecule has 1 fully saturated rings. The lowest BCUT2D eigenvalue weighted by Gasteiger charge is -2.30. The first kappa shape index (κ1) is 16.7. The summed E-state index contributed by atoms with van der Waals surface area (Å²) < 4.78 is 0. The molecular weight excluding hydrogens is 238 g/mol. The summed E-state index contributed by atoms with van der Waals surface area (Å²) in [4.78, 5) is 16.4. The number of nitrogens with two attached hydrogens (primary N) is 1. The van der Waals surface area contributed by atoms with Crippen molar-refractivity contribution in [2.75, 3.05) is 27.2 Å². The van der Waals surface area contributed by atoms with Gasteiger partial charge in [0.1, 0.15) is 0 Å². The zero-order valence-electron chi connectivity index (χ0n) is 11.3. The number of likely N-dealkylation sites (N-methyl/N-ethyl adjacent to an activating group) is 1. The second-order valence-electron chi connectivity index (χ2n) is 5.24. The van der Waals surface area contributed by atoms with Crippen LogP contribution in [0.3, 0.4) is 0 Å². The minimum absolute atomic E-state index is 0. The molecule has 3 atom stereocenters. The fraction of sp³-hybridized carbons (Fsp3) is 0.917. The zero-order valence-corrected chi connectivity index (χ0v) is 12.2. The fourth-order valence-corrected chi connectivity index (χ4v) is 2.22. The predicted octanol–water partition coefficient (Wildman–Crippen LogP) is 0.944. The van der Waals surface area contributed by atoms with E-state index in [1.807, 2.05) is 18.7 Å². The van der Waals surface area contributed by atoms with Crippen LogP contribution in [0.1, 0.15) is 26.7 Å². The molecular formula is C12H26ClN3O. The molecule has 0 aliphatic carbocycles. The second-order valence-corrected chi connectivity index (χ2v) is 5.24. The van der Waals surface area contributed by atoms with E-state index >= 15 is 0 Å². The van der Waals surface area contributed by atoms with Crippen molar-refractivity contribution < 1.29 is 4.79 Å². The zero-order chi connectivity index (χ0) is 12.3. The highest BCUT2D eigenvalue weighted by atomic mass is 35.5. The van der Waals surface area contributed by atoms with Gasteiger partial charge < -0.3 is 15.5 Å². The third-order valence-electron chi connectivity index (χ3n) is 3.41. The summed E-state index contributed by atoms with van der Waals surface area (Å²) in [7, 11) is 4.10. The summed E-state index contributed by atoms with van der Waals surface area (Å²) >= 11 is 0. The molecule has 0 bridgehead atoms. The molecule has 1 aliphatic heterocycles. The molecule has 0 radical (unpaired) electrons. The molecule has 1 saturated heterocycles. The maximum absolute atomic E-state index is 12.2. The largest absolute Gasteiger partial charge is 0.338 e. The number of carbonyl (C=O) groups is 1. The Kier molecular flexibility index (Phi) is 7.05. The van der Waals surface area contributed by atoms with Gasteiger partial charge in [-0.2, -0.15) is 0 Å². The predicted molar refractivity (Wildman–Crippen MR) is 73.4 cm³/mol. The quantitative estimate of drug-likeness (QED) is 0.822. The van der Waals surface area contributed by atoms with E-state index < -0.39 is 0 Å². The fourth-order valence-electron chi connectivity index (χ4n) is 2.22. The van der Waals surface area contributed by atoms with Crippen molar-refractivity contribution in [1.82, 2.24) is 9.80 Å². The lowest BCUT2D eigenvalue weighted by Crippen LogP contribution is -2.46. The Hall–Kier alpha value is -0.320. The van der Waals surface area contributed by atoms with E-state index in [0.29, 0.717) is 6.04 Å². The summed E-state index contributed by atoms with van der Waals surface area (Å²) in [6.45, 7) is 5.68. The van der Waals surface area contributed by atoms with Crippen LogP contribution in [-0.2, 0) is 4.79 Å². The van der Waals surface area contributed by atoms with Crippen LogP contribution in [0.2, 0.25) is 0 Å². The average Bonchev–Trinajstić information content (AvgIpc) is 2.62. The van der Waals surface area contributed by atoms with Crippen LogP contribution in [0.5, 0.6) is 0 Å². The van der Waals surface area contributed by atoms with Crippen molar-refractivity contribution in [3.05, 3.63) is 0 Å². The van der Waals surface area contributed by atoms with Gasteiger partial charge in [0.2, 0.25) is 5.91 Å². The second kappa shape index (κ2) is 7.19. The SMILES string of the molecule is CC(N)C(C)C(=O)N1CCCC1CN(C)C.Cl. The molecule has 17 heavy (non-hydrogen) atoms. The Morgan fingerprint density at radius 3 is 2.53 bits per heavy atom. The molecule has 1 aliphatic rings. The molecule has 1 amide bonds. The van der Waals surface area contributed by atoms with Crippen LogP contribution in [0.15, 0.2) is 0 Å². The van der Waals surface area contributed by atoms with E-state index in [0.717, 1.165) is 25.9 Å². The third-order valence-corrected chi connectivity index (χ3v) is 3.41. The summed E-state index contributed by atoms with van der Waals surface area (Å²) in [6, 6.07) is 0.316.